The van der Waals surface area contributed by atoms with Gasteiger partial charge in [-0.25, -0.2) is 4.79 Å². The van der Waals surface area contributed by atoms with E-state index in [1.54, 1.807) is 18.2 Å². The molecule has 2 atom stereocenters. The van der Waals surface area contributed by atoms with E-state index in [1.165, 1.54) is 0 Å². The first-order valence-electron chi connectivity index (χ1n) is 6.07. The van der Waals surface area contributed by atoms with Gasteiger partial charge in [0.15, 0.2) is 0 Å². The molecule has 1 aromatic rings. The lowest BCUT2D eigenvalue weighted by molar-refractivity contribution is -0.131. The van der Waals surface area contributed by atoms with Gasteiger partial charge in [-0.2, -0.15) is 0 Å². The van der Waals surface area contributed by atoms with Gasteiger partial charge in [0.25, 0.3) is 0 Å². The number of carboxylic acid groups (broad SMARTS) is 1. The Hall–Kier alpha value is -1.62. The SMILES string of the molecule is O=C(O)c1ccc(CN2C(=O)C3C=CC2C3)c(Br)c1. The maximum Gasteiger partial charge on any atom is 0.335 e. The molecule has 4 nitrogen and oxygen atoms in total. The maximum absolute atomic E-state index is 12.0. The molecule has 0 radical (unpaired) electrons. The monoisotopic (exact) mass is 321 g/mol. The normalized spacial score (nSPS) is 24.3. The molecule has 0 saturated carbocycles. The summed E-state index contributed by atoms with van der Waals surface area (Å²) in [5.41, 5.74) is 1.17. The summed E-state index contributed by atoms with van der Waals surface area (Å²) in [6.45, 7) is 0.519. The van der Waals surface area contributed by atoms with Crippen molar-refractivity contribution < 1.29 is 14.7 Å². The number of carboxylic acids is 1. The number of amides is 1. The number of carbonyl (C=O) groups excluding carboxylic acids is 1. The van der Waals surface area contributed by atoms with Crippen molar-refractivity contribution in [3.05, 3.63) is 46.0 Å². The molecule has 2 unspecified atom stereocenters. The molecule has 19 heavy (non-hydrogen) atoms. The first-order chi connectivity index (χ1) is 9.06. The van der Waals surface area contributed by atoms with Crippen LogP contribution in [0.1, 0.15) is 22.3 Å². The van der Waals surface area contributed by atoms with Gasteiger partial charge in [0.1, 0.15) is 0 Å². The van der Waals surface area contributed by atoms with E-state index >= 15 is 0 Å². The van der Waals surface area contributed by atoms with Crippen molar-refractivity contribution in [2.24, 2.45) is 5.92 Å². The van der Waals surface area contributed by atoms with Gasteiger partial charge in [-0.15, -0.1) is 0 Å². The van der Waals surface area contributed by atoms with Crippen LogP contribution in [0.3, 0.4) is 0 Å². The second kappa shape index (κ2) is 4.49. The standard InChI is InChI=1S/C14H12BrNO3/c15-12-6-9(14(18)19)1-2-10(12)7-16-11-4-3-8(5-11)13(16)17/h1-4,6,8,11H,5,7H2,(H,18,19). The average Bonchev–Trinajstić information content (AvgIpc) is 2.94. The van der Waals surface area contributed by atoms with Crippen LogP contribution in [0, 0.1) is 5.92 Å². The number of fused-ring (bicyclic) bond motifs is 2. The van der Waals surface area contributed by atoms with Crippen molar-refractivity contribution in [2.75, 3.05) is 0 Å². The predicted octanol–water partition coefficient (Wildman–Crippen LogP) is 2.43. The highest BCUT2D eigenvalue weighted by Crippen LogP contribution is 2.34. The third-order valence-corrected chi connectivity index (χ3v) is 4.44. The third-order valence-electron chi connectivity index (χ3n) is 3.70. The van der Waals surface area contributed by atoms with Crippen LogP contribution in [0.4, 0.5) is 0 Å². The second-order valence-corrected chi connectivity index (χ2v) is 5.73. The molecule has 1 aromatic carbocycles. The average molecular weight is 322 g/mol. The number of likely N-dealkylation sites (tertiary alicyclic amines) is 1. The van der Waals surface area contributed by atoms with E-state index in [4.69, 9.17) is 5.11 Å². The molecule has 1 aliphatic heterocycles. The van der Waals surface area contributed by atoms with Crippen LogP contribution in [0.25, 0.3) is 0 Å². The molecule has 2 bridgehead atoms. The van der Waals surface area contributed by atoms with Gasteiger partial charge in [0.2, 0.25) is 5.91 Å². The largest absolute Gasteiger partial charge is 0.478 e. The number of aromatic carboxylic acids is 1. The predicted molar refractivity (Wildman–Crippen MR) is 72.7 cm³/mol. The molecule has 1 heterocycles. The summed E-state index contributed by atoms with van der Waals surface area (Å²) in [6.07, 6.45) is 4.93. The lowest BCUT2D eigenvalue weighted by atomic mass is 10.1. The Morgan fingerprint density at radius 1 is 1.42 bits per heavy atom. The molecule has 1 fully saturated rings. The zero-order valence-electron chi connectivity index (χ0n) is 10.0. The Morgan fingerprint density at radius 2 is 2.21 bits per heavy atom. The summed E-state index contributed by atoms with van der Waals surface area (Å²) in [7, 11) is 0. The van der Waals surface area contributed by atoms with E-state index in [9.17, 15) is 9.59 Å². The number of hydrogen-bond acceptors (Lipinski definition) is 2. The van der Waals surface area contributed by atoms with Crippen LogP contribution in [0.5, 0.6) is 0 Å². The molecule has 1 aliphatic carbocycles. The van der Waals surface area contributed by atoms with E-state index in [1.807, 2.05) is 11.0 Å². The zero-order chi connectivity index (χ0) is 13.6. The van der Waals surface area contributed by atoms with Gasteiger partial charge in [-0.05, 0) is 24.1 Å². The molecule has 0 spiro atoms. The molecule has 2 aliphatic rings. The minimum absolute atomic E-state index is 0.0436. The number of halogens is 1. The van der Waals surface area contributed by atoms with Gasteiger partial charge in [0, 0.05) is 11.0 Å². The molecule has 1 N–H and O–H groups in total. The maximum atomic E-state index is 12.0. The summed E-state index contributed by atoms with van der Waals surface area (Å²) in [6, 6.07) is 5.10. The van der Waals surface area contributed by atoms with Crippen molar-refractivity contribution >= 4 is 27.8 Å². The fraction of sp³-hybridized carbons (Fsp3) is 0.286. The van der Waals surface area contributed by atoms with E-state index in [0.717, 1.165) is 16.5 Å². The van der Waals surface area contributed by atoms with Gasteiger partial charge in [-0.3, -0.25) is 4.79 Å². The minimum atomic E-state index is -0.952. The summed E-state index contributed by atoms with van der Waals surface area (Å²) in [5, 5.41) is 8.92. The molecule has 1 amide bonds. The van der Waals surface area contributed by atoms with Crippen LogP contribution in [0.15, 0.2) is 34.8 Å². The van der Waals surface area contributed by atoms with Crippen LogP contribution < -0.4 is 0 Å². The highest BCUT2D eigenvalue weighted by Gasteiger charge is 2.40. The number of nitrogens with zero attached hydrogens (tertiary/aromatic N) is 1. The number of hydrogen-bond donors (Lipinski definition) is 1. The minimum Gasteiger partial charge on any atom is -0.478 e. The van der Waals surface area contributed by atoms with E-state index in [-0.39, 0.29) is 23.4 Å². The van der Waals surface area contributed by atoms with Crippen LogP contribution >= 0.6 is 15.9 Å². The van der Waals surface area contributed by atoms with Gasteiger partial charge in [0.05, 0.1) is 17.5 Å². The number of rotatable bonds is 3. The van der Waals surface area contributed by atoms with Gasteiger partial charge >= 0.3 is 5.97 Å². The van der Waals surface area contributed by atoms with Crippen molar-refractivity contribution in [1.29, 1.82) is 0 Å². The molecule has 98 valence electrons. The smallest absolute Gasteiger partial charge is 0.335 e. The van der Waals surface area contributed by atoms with Crippen molar-refractivity contribution in [3.8, 4) is 0 Å². The first kappa shape index (κ1) is 12.4. The summed E-state index contributed by atoms with van der Waals surface area (Å²) >= 11 is 3.38. The summed E-state index contributed by atoms with van der Waals surface area (Å²) < 4.78 is 0.729. The Labute approximate surface area is 118 Å². The molecule has 1 saturated heterocycles. The quantitative estimate of drug-likeness (QED) is 0.870. The number of benzene rings is 1. The van der Waals surface area contributed by atoms with Crippen LogP contribution in [-0.4, -0.2) is 27.9 Å². The molecule has 0 aromatic heterocycles. The number of carbonyl (C=O) groups is 2. The van der Waals surface area contributed by atoms with E-state index < -0.39 is 5.97 Å². The highest BCUT2D eigenvalue weighted by molar-refractivity contribution is 9.10. The zero-order valence-corrected chi connectivity index (χ0v) is 11.6. The van der Waals surface area contributed by atoms with Gasteiger partial charge in [-0.1, -0.05) is 34.1 Å². The van der Waals surface area contributed by atoms with E-state index in [0.29, 0.717) is 6.54 Å². The second-order valence-electron chi connectivity index (χ2n) is 4.87. The third kappa shape index (κ3) is 2.08. The first-order valence-corrected chi connectivity index (χ1v) is 6.86. The van der Waals surface area contributed by atoms with Crippen molar-refractivity contribution in [1.82, 2.24) is 4.90 Å². The molecule has 3 rings (SSSR count). The van der Waals surface area contributed by atoms with Crippen molar-refractivity contribution in [3.63, 3.8) is 0 Å². The Morgan fingerprint density at radius 3 is 2.79 bits per heavy atom. The van der Waals surface area contributed by atoms with Gasteiger partial charge < -0.3 is 10.0 Å². The fourth-order valence-corrected chi connectivity index (χ4v) is 3.16. The topological polar surface area (TPSA) is 57.6 Å². The Kier molecular flexibility index (Phi) is 2.93. The Balaban J connectivity index is 1.83. The summed E-state index contributed by atoms with van der Waals surface area (Å²) in [5.74, 6) is -0.740. The van der Waals surface area contributed by atoms with E-state index in [2.05, 4.69) is 22.0 Å². The highest BCUT2D eigenvalue weighted by atomic mass is 79.9. The lowest BCUT2D eigenvalue weighted by Crippen LogP contribution is -2.34. The summed E-state index contributed by atoms with van der Waals surface area (Å²) in [4.78, 5) is 24.7. The van der Waals surface area contributed by atoms with Crippen LogP contribution in [-0.2, 0) is 11.3 Å². The molecular weight excluding hydrogens is 310 g/mol. The lowest BCUT2D eigenvalue weighted by Gasteiger charge is -2.24. The molecule has 5 heteroatoms. The fourth-order valence-electron chi connectivity index (χ4n) is 2.66. The van der Waals surface area contributed by atoms with Crippen molar-refractivity contribution in [2.45, 2.75) is 19.0 Å². The Bertz CT molecular complexity index is 596. The molecular formula is C14H12BrNO3. The van der Waals surface area contributed by atoms with Crippen LogP contribution in [0.2, 0.25) is 0 Å².